The molecule has 4 rings (SSSR count). The number of fused-ring (bicyclic) bond motifs is 1. The highest BCUT2D eigenvalue weighted by Gasteiger charge is 2.63. The average molecular weight is 371 g/mol. The number of nitrogens with one attached hydrogen (secondary N) is 1. The van der Waals surface area contributed by atoms with E-state index in [4.69, 9.17) is 4.74 Å². The Bertz CT molecular complexity index is 700. The van der Waals surface area contributed by atoms with Crippen molar-refractivity contribution >= 4 is 11.8 Å². The van der Waals surface area contributed by atoms with Crippen LogP contribution in [0.3, 0.4) is 0 Å². The summed E-state index contributed by atoms with van der Waals surface area (Å²) in [4.78, 5) is 30.0. The van der Waals surface area contributed by atoms with Crippen LogP contribution in [0.2, 0.25) is 0 Å². The van der Waals surface area contributed by atoms with Crippen LogP contribution < -0.4 is 5.32 Å². The summed E-state index contributed by atoms with van der Waals surface area (Å²) in [6.45, 7) is 5.51. The van der Waals surface area contributed by atoms with Gasteiger partial charge in [-0.25, -0.2) is 0 Å². The van der Waals surface area contributed by atoms with Gasteiger partial charge in [0.1, 0.15) is 0 Å². The first-order valence-electron chi connectivity index (χ1n) is 9.94. The Morgan fingerprint density at radius 3 is 2.52 bits per heavy atom. The smallest absolute Gasteiger partial charge is 0.253 e. The highest BCUT2D eigenvalue weighted by Crippen LogP contribution is 2.56. The number of methoxy groups -OCH3 is 1. The minimum atomic E-state index is -0.303. The van der Waals surface area contributed by atoms with Gasteiger partial charge in [0.2, 0.25) is 5.91 Å². The summed E-state index contributed by atoms with van der Waals surface area (Å²) < 4.78 is 5.26. The van der Waals surface area contributed by atoms with E-state index in [-0.39, 0.29) is 22.6 Å². The Kier molecular flexibility index (Phi) is 4.95. The largest absolute Gasteiger partial charge is 0.383 e. The molecule has 1 N–H and O–H groups in total. The molecule has 1 unspecified atom stereocenters. The number of carbonyl (C=O) groups is 2. The Hall–Kier alpha value is -1.92. The lowest BCUT2D eigenvalue weighted by atomic mass is 9.60. The zero-order valence-electron chi connectivity index (χ0n) is 16.1. The molecule has 1 aromatic carbocycles. The van der Waals surface area contributed by atoms with Crippen LogP contribution in [-0.2, 0) is 9.53 Å². The quantitative estimate of drug-likeness (QED) is 0.869. The molecule has 146 valence electrons. The molecule has 3 heterocycles. The molecule has 3 saturated heterocycles. The summed E-state index contributed by atoms with van der Waals surface area (Å²) in [5.41, 5.74) is 0.409. The van der Waals surface area contributed by atoms with Gasteiger partial charge >= 0.3 is 0 Å². The van der Waals surface area contributed by atoms with Crippen LogP contribution in [-0.4, -0.2) is 74.6 Å². The summed E-state index contributed by atoms with van der Waals surface area (Å²) in [7, 11) is 1.72. The van der Waals surface area contributed by atoms with Crippen LogP contribution in [0, 0.1) is 10.8 Å². The zero-order valence-corrected chi connectivity index (χ0v) is 16.1. The van der Waals surface area contributed by atoms with Crippen molar-refractivity contribution in [3.05, 3.63) is 35.9 Å². The van der Waals surface area contributed by atoms with Gasteiger partial charge in [-0.1, -0.05) is 18.2 Å². The number of amides is 2. The van der Waals surface area contributed by atoms with Gasteiger partial charge in [0.05, 0.1) is 12.0 Å². The van der Waals surface area contributed by atoms with E-state index in [1.54, 1.807) is 7.11 Å². The molecule has 2 spiro atoms. The maximum absolute atomic E-state index is 12.9. The van der Waals surface area contributed by atoms with Crippen LogP contribution in [0.25, 0.3) is 0 Å². The molecule has 1 atom stereocenters. The van der Waals surface area contributed by atoms with Gasteiger partial charge in [-0.15, -0.1) is 0 Å². The van der Waals surface area contributed by atoms with Crippen LogP contribution in [0.4, 0.5) is 0 Å². The molecule has 1 aromatic rings. The first kappa shape index (κ1) is 18.4. The second kappa shape index (κ2) is 7.24. The molecule has 2 amide bonds. The number of rotatable bonds is 4. The van der Waals surface area contributed by atoms with Gasteiger partial charge in [0.25, 0.3) is 5.91 Å². The number of ether oxygens (including phenoxy) is 1. The van der Waals surface area contributed by atoms with Crippen molar-refractivity contribution in [3.8, 4) is 0 Å². The summed E-state index contributed by atoms with van der Waals surface area (Å²) >= 11 is 0. The second-order valence-electron chi connectivity index (χ2n) is 8.23. The summed E-state index contributed by atoms with van der Waals surface area (Å²) in [6, 6.07) is 9.49. The zero-order chi connectivity index (χ0) is 18.9. The fourth-order valence-electron chi connectivity index (χ4n) is 5.43. The van der Waals surface area contributed by atoms with E-state index in [0.29, 0.717) is 6.61 Å². The first-order valence-corrected chi connectivity index (χ1v) is 9.94. The van der Waals surface area contributed by atoms with Gasteiger partial charge < -0.3 is 15.0 Å². The van der Waals surface area contributed by atoms with Gasteiger partial charge in [-0.2, -0.15) is 0 Å². The summed E-state index contributed by atoms with van der Waals surface area (Å²) in [6.07, 6.45) is 2.69. The molecular formula is C21H29N3O3. The van der Waals surface area contributed by atoms with E-state index < -0.39 is 0 Å². The van der Waals surface area contributed by atoms with Crippen molar-refractivity contribution in [2.75, 3.05) is 53.0 Å². The number of hydrogen-bond donors (Lipinski definition) is 1. The van der Waals surface area contributed by atoms with Crippen LogP contribution >= 0.6 is 0 Å². The molecular weight excluding hydrogens is 342 g/mol. The normalized spacial score (nSPS) is 27.4. The van der Waals surface area contributed by atoms with E-state index >= 15 is 0 Å². The number of hydrogen-bond acceptors (Lipinski definition) is 4. The molecule has 3 aliphatic heterocycles. The molecule has 0 aliphatic carbocycles. The Morgan fingerprint density at radius 2 is 1.89 bits per heavy atom. The van der Waals surface area contributed by atoms with Crippen LogP contribution in [0.5, 0.6) is 0 Å². The maximum Gasteiger partial charge on any atom is 0.253 e. The Labute approximate surface area is 160 Å². The fraction of sp³-hybridized carbons (Fsp3) is 0.619. The first-order chi connectivity index (χ1) is 13.1. The van der Waals surface area contributed by atoms with E-state index in [0.717, 1.165) is 64.1 Å². The van der Waals surface area contributed by atoms with Crippen molar-refractivity contribution in [2.45, 2.75) is 19.3 Å². The van der Waals surface area contributed by atoms with Crippen molar-refractivity contribution < 1.29 is 14.3 Å². The number of piperidine rings is 1. The highest BCUT2D eigenvalue weighted by atomic mass is 16.5. The fourth-order valence-corrected chi connectivity index (χ4v) is 5.43. The van der Waals surface area contributed by atoms with E-state index in [1.165, 1.54) is 0 Å². The van der Waals surface area contributed by atoms with Gasteiger partial charge in [0.15, 0.2) is 0 Å². The van der Waals surface area contributed by atoms with E-state index in [9.17, 15) is 9.59 Å². The molecule has 0 bridgehead atoms. The Balaban J connectivity index is 1.51. The SMILES string of the molecule is COCCN1CC2(CCN(C(=O)c3ccccc3)CC2)C2(CCNC2=O)C1. The monoisotopic (exact) mass is 371 g/mol. The van der Waals surface area contributed by atoms with Crippen molar-refractivity contribution in [3.63, 3.8) is 0 Å². The van der Waals surface area contributed by atoms with Gasteiger partial charge in [-0.05, 0) is 31.4 Å². The van der Waals surface area contributed by atoms with E-state index in [2.05, 4.69) is 10.2 Å². The summed E-state index contributed by atoms with van der Waals surface area (Å²) in [5, 5.41) is 3.08. The van der Waals surface area contributed by atoms with Crippen molar-refractivity contribution in [2.24, 2.45) is 10.8 Å². The lowest BCUT2D eigenvalue weighted by Gasteiger charge is -2.46. The predicted octanol–water partition coefficient (Wildman–Crippen LogP) is 1.38. The predicted molar refractivity (Wildman–Crippen MR) is 102 cm³/mol. The van der Waals surface area contributed by atoms with Gasteiger partial charge in [0, 0.05) is 57.4 Å². The number of benzene rings is 1. The topological polar surface area (TPSA) is 61.9 Å². The summed E-state index contributed by atoms with van der Waals surface area (Å²) in [5.74, 6) is 0.315. The molecule has 0 aromatic heterocycles. The average Bonchev–Trinajstić information content (AvgIpc) is 3.22. The molecule has 0 radical (unpaired) electrons. The minimum Gasteiger partial charge on any atom is -0.383 e. The second-order valence-corrected chi connectivity index (χ2v) is 8.23. The van der Waals surface area contributed by atoms with Crippen molar-refractivity contribution in [1.29, 1.82) is 0 Å². The molecule has 3 fully saturated rings. The number of carbonyl (C=O) groups excluding carboxylic acids is 2. The minimum absolute atomic E-state index is 0.0329. The van der Waals surface area contributed by atoms with Crippen LogP contribution in [0.15, 0.2) is 30.3 Å². The molecule has 6 nitrogen and oxygen atoms in total. The third-order valence-corrected chi connectivity index (χ3v) is 6.95. The van der Waals surface area contributed by atoms with Crippen molar-refractivity contribution in [1.82, 2.24) is 15.1 Å². The third kappa shape index (κ3) is 3.05. The molecule has 3 aliphatic rings. The van der Waals surface area contributed by atoms with Gasteiger partial charge in [-0.3, -0.25) is 14.5 Å². The molecule has 6 heteroatoms. The molecule has 27 heavy (non-hydrogen) atoms. The van der Waals surface area contributed by atoms with E-state index in [1.807, 2.05) is 35.2 Å². The number of nitrogens with zero attached hydrogens (tertiary/aromatic N) is 2. The Morgan fingerprint density at radius 1 is 1.15 bits per heavy atom. The third-order valence-electron chi connectivity index (χ3n) is 6.95. The maximum atomic E-state index is 12.9. The lowest BCUT2D eigenvalue weighted by molar-refractivity contribution is -0.133. The molecule has 0 saturated carbocycles. The number of likely N-dealkylation sites (tertiary alicyclic amines) is 2. The standard InChI is InChI=1S/C21H29N3O3/c1-27-14-13-23-15-20(21(16-23)7-10-22-19(21)26)8-11-24(12-9-20)18(25)17-5-3-2-4-6-17/h2-6H,7-16H2,1H3,(H,22,26). The lowest BCUT2D eigenvalue weighted by Crippen LogP contribution is -2.53. The van der Waals surface area contributed by atoms with Crippen LogP contribution in [0.1, 0.15) is 29.6 Å². The highest BCUT2D eigenvalue weighted by molar-refractivity contribution is 5.94.